The van der Waals surface area contributed by atoms with Gasteiger partial charge in [0, 0.05) is 22.8 Å². The lowest BCUT2D eigenvalue weighted by molar-refractivity contribution is 0.207. The molecule has 7 heteroatoms. The molecule has 0 aliphatic carbocycles. The van der Waals surface area contributed by atoms with Crippen molar-refractivity contribution in [3.05, 3.63) is 76.8 Å². The summed E-state index contributed by atoms with van der Waals surface area (Å²) in [6.07, 6.45) is 0. The van der Waals surface area contributed by atoms with Crippen LogP contribution in [0.2, 0.25) is 5.02 Å². The number of benzene rings is 2. The van der Waals surface area contributed by atoms with Gasteiger partial charge >= 0.3 is 6.03 Å². The minimum Gasteiger partial charge on any atom is -0.334 e. The van der Waals surface area contributed by atoms with Gasteiger partial charge in [0.2, 0.25) is 5.82 Å². The molecule has 0 saturated heterocycles. The predicted octanol–water partition coefficient (Wildman–Crippen LogP) is 4.91. The van der Waals surface area contributed by atoms with Gasteiger partial charge in [0.1, 0.15) is 0 Å². The summed E-state index contributed by atoms with van der Waals surface area (Å²) in [4.78, 5) is 18.8. The molecule has 1 aromatic heterocycles. The highest BCUT2D eigenvalue weighted by Crippen LogP contribution is 2.37. The smallest absolute Gasteiger partial charge is 0.322 e. The van der Waals surface area contributed by atoms with Crippen LogP contribution in [-0.2, 0) is 0 Å². The lowest BCUT2D eigenvalue weighted by Crippen LogP contribution is -2.45. The molecule has 1 aliphatic rings. The van der Waals surface area contributed by atoms with Gasteiger partial charge in [-0.1, -0.05) is 59.2 Å². The first-order chi connectivity index (χ1) is 13.6. The Morgan fingerprint density at radius 1 is 1.18 bits per heavy atom. The SMILES string of the molecule is CCN1C(=O)NC(c2ccccc2)C(c2nc(-c3cccc(Cl)c3)no2)=C1C. The Labute approximate surface area is 167 Å². The quantitative estimate of drug-likeness (QED) is 0.682. The van der Waals surface area contributed by atoms with Gasteiger partial charge in [-0.05, 0) is 31.5 Å². The highest BCUT2D eigenvalue weighted by molar-refractivity contribution is 6.30. The summed E-state index contributed by atoms with van der Waals surface area (Å²) >= 11 is 6.08. The molecule has 0 saturated carbocycles. The fourth-order valence-electron chi connectivity index (χ4n) is 3.41. The molecule has 28 heavy (non-hydrogen) atoms. The second-order valence-electron chi connectivity index (χ2n) is 6.47. The molecule has 6 nitrogen and oxygen atoms in total. The van der Waals surface area contributed by atoms with Crippen molar-refractivity contribution in [1.82, 2.24) is 20.4 Å². The third-order valence-corrected chi connectivity index (χ3v) is 5.02. The van der Waals surface area contributed by atoms with E-state index in [1.807, 2.05) is 56.3 Å². The molecule has 142 valence electrons. The Bertz CT molecular complexity index is 1050. The van der Waals surface area contributed by atoms with E-state index in [9.17, 15) is 4.79 Å². The second kappa shape index (κ2) is 7.48. The summed E-state index contributed by atoms with van der Waals surface area (Å²) < 4.78 is 5.61. The maximum atomic E-state index is 12.6. The summed E-state index contributed by atoms with van der Waals surface area (Å²) in [7, 11) is 0. The molecule has 3 aromatic rings. The van der Waals surface area contributed by atoms with E-state index < -0.39 is 0 Å². The Morgan fingerprint density at radius 2 is 1.96 bits per heavy atom. The predicted molar refractivity (Wildman–Crippen MR) is 107 cm³/mol. The highest BCUT2D eigenvalue weighted by Gasteiger charge is 2.35. The monoisotopic (exact) mass is 394 g/mol. The summed E-state index contributed by atoms with van der Waals surface area (Å²) in [5.41, 5.74) is 3.29. The molecule has 1 atom stereocenters. The number of hydrogen-bond donors (Lipinski definition) is 1. The molecular weight excluding hydrogens is 376 g/mol. The summed E-state index contributed by atoms with van der Waals surface area (Å²) in [5, 5.41) is 7.78. The van der Waals surface area contributed by atoms with Crippen LogP contribution in [0.25, 0.3) is 17.0 Å². The van der Waals surface area contributed by atoms with Crippen LogP contribution in [0.3, 0.4) is 0 Å². The van der Waals surface area contributed by atoms with Crippen molar-refractivity contribution in [2.75, 3.05) is 6.54 Å². The van der Waals surface area contributed by atoms with Crippen molar-refractivity contribution < 1.29 is 9.32 Å². The molecule has 2 aromatic carbocycles. The number of allylic oxidation sites excluding steroid dienone is 1. The van der Waals surface area contributed by atoms with Crippen LogP contribution in [0.5, 0.6) is 0 Å². The van der Waals surface area contributed by atoms with E-state index in [2.05, 4.69) is 15.5 Å². The van der Waals surface area contributed by atoms with E-state index in [0.29, 0.717) is 23.3 Å². The number of carbonyl (C=O) groups excluding carboxylic acids is 1. The maximum absolute atomic E-state index is 12.6. The minimum atomic E-state index is -0.371. The normalized spacial score (nSPS) is 17.0. The molecule has 0 spiro atoms. The average Bonchev–Trinajstić information content (AvgIpc) is 3.18. The van der Waals surface area contributed by atoms with Crippen LogP contribution in [0.4, 0.5) is 4.79 Å². The molecule has 4 rings (SSSR count). The number of halogens is 1. The van der Waals surface area contributed by atoms with Gasteiger partial charge in [-0.3, -0.25) is 4.90 Å². The lowest BCUT2D eigenvalue weighted by atomic mass is 9.95. The Balaban J connectivity index is 1.82. The molecule has 2 amide bonds. The van der Waals surface area contributed by atoms with Crippen LogP contribution >= 0.6 is 11.6 Å². The lowest BCUT2D eigenvalue weighted by Gasteiger charge is -2.34. The van der Waals surface area contributed by atoms with Crippen LogP contribution in [0.1, 0.15) is 31.3 Å². The van der Waals surface area contributed by atoms with Gasteiger partial charge in [0.25, 0.3) is 5.89 Å². The van der Waals surface area contributed by atoms with Crippen molar-refractivity contribution in [3.63, 3.8) is 0 Å². The maximum Gasteiger partial charge on any atom is 0.322 e. The number of hydrogen-bond acceptors (Lipinski definition) is 4. The minimum absolute atomic E-state index is 0.146. The van der Waals surface area contributed by atoms with E-state index in [1.54, 1.807) is 17.0 Å². The molecule has 2 heterocycles. The van der Waals surface area contributed by atoms with Crippen LogP contribution in [0.15, 0.2) is 64.8 Å². The zero-order chi connectivity index (χ0) is 19.7. The van der Waals surface area contributed by atoms with Gasteiger partial charge in [0.15, 0.2) is 0 Å². The molecule has 1 aliphatic heterocycles. The van der Waals surface area contributed by atoms with Crippen LogP contribution < -0.4 is 5.32 Å². The topological polar surface area (TPSA) is 71.3 Å². The number of nitrogens with one attached hydrogen (secondary N) is 1. The van der Waals surface area contributed by atoms with Crippen molar-refractivity contribution in [1.29, 1.82) is 0 Å². The standard InChI is InChI=1S/C21H19ClN4O2/c1-3-26-13(2)17(18(23-21(26)27)14-8-5-4-6-9-14)20-24-19(25-28-20)15-10-7-11-16(22)12-15/h4-12,18H,3H2,1-2H3,(H,23,27). The number of urea groups is 1. The first-order valence-electron chi connectivity index (χ1n) is 9.02. The van der Waals surface area contributed by atoms with Gasteiger partial charge in [0.05, 0.1) is 11.6 Å². The fraction of sp³-hybridized carbons (Fsp3) is 0.190. The molecule has 1 unspecified atom stereocenters. The van der Waals surface area contributed by atoms with Crippen molar-refractivity contribution in [2.24, 2.45) is 0 Å². The summed E-state index contributed by atoms with van der Waals surface area (Å²) in [6.45, 7) is 4.36. The summed E-state index contributed by atoms with van der Waals surface area (Å²) in [6, 6.07) is 16.5. The van der Waals surface area contributed by atoms with E-state index in [4.69, 9.17) is 16.1 Å². The number of nitrogens with zero attached hydrogens (tertiary/aromatic N) is 3. The van der Waals surface area contributed by atoms with E-state index in [0.717, 1.165) is 22.4 Å². The summed E-state index contributed by atoms with van der Waals surface area (Å²) in [5.74, 6) is 0.823. The van der Waals surface area contributed by atoms with Crippen LogP contribution in [-0.4, -0.2) is 27.6 Å². The second-order valence-corrected chi connectivity index (χ2v) is 6.91. The third kappa shape index (κ3) is 3.27. The van der Waals surface area contributed by atoms with Crippen molar-refractivity contribution in [3.8, 4) is 11.4 Å². The van der Waals surface area contributed by atoms with Gasteiger partial charge in [-0.15, -0.1) is 0 Å². The zero-order valence-corrected chi connectivity index (χ0v) is 16.3. The Morgan fingerprint density at radius 3 is 2.68 bits per heavy atom. The van der Waals surface area contributed by atoms with Crippen LogP contribution in [0, 0.1) is 0 Å². The van der Waals surface area contributed by atoms with Crippen molar-refractivity contribution >= 4 is 23.2 Å². The molecule has 0 fully saturated rings. The number of carbonyl (C=O) groups is 1. The molecule has 0 radical (unpaired) electrons. The Hall–Kier alpha value is -3.12. The van der Waals surface area contributed by atoms with Gasteiger partial charge in [-0.2, -0.15) is 4.98 Å². The molecule has 0 bridgehead atoms. The number of aromatic nitrogens is 2. The average molecular weight is 395 g/mol. The number of rotatable bonds is 4. The zero-order valence-electron chi connectivity index (χ0n) is 15.5. The fourth-order valence-corrected chi connectivity index (χ4v) is 3.60. The van der Waals surface area contributed by atoms with E-state index in [-0.39, 0.29) is 12.1 Å². The van der Waals surface area contributed by atoms with Crippen molar-refractivity contribution in [2.45, 2.75) is 19.9 Å². The molecule has 1 N–H and O–H groups in total. The third-order valence-electron chi connectivity index (χ3n) is 4.78. The molecular formula is C21H19ClN4O2. The Kier molecular flexibility index (Phi) is 4.88. The highest BCUT2D eigenvalue weighted by atomic mass is 35.5. The van der Waals surface area contributed by atoms with E-state index in [1.165, 1.54) is 0 Å². The first-order valence-corrected chi connectivity index (χ1v) is 9.40. The van der Waals surface area contributed by atoms with E-state index >= 15 is 0 Å². The largest absolute Gasteiger partial charge is 0.334 e. The first kappa shape index (κ1) is 18.3. The number of amides is 2. The van der Waals surface area contributed by atoms with Gasteiger partial charge in [-0.25, -0.2) is 4.79 Å². The van der Waals surface area contributed by atoms with Gasteiger partial charge < -0.3 is 9.84 Å².